The van der Waals surface area contributed by atoms with Gasteiger partial charge in [0.25, 0.3) is 0 Å². The summed E-state index contributed by atoms with van der Waals surface area (Å²) in [6, 6.07) is 15.5. The van der Waals surface area contributed by atoms with Gasteiger partial charge >= 0.3 is 5.97 Å². The number of ether oxygens (including phenoxy) is 2. The van der Waals surface area contributed by atoms with Crippen LogP contribution in [0, 0.1) is 11.3 Å². The van der Waals surface area contributed by atoms with Crippen LogP contribution in [-0.4, -0.2) is 25.5 Å². The van der Waals surface area contributed by atoms with E-state index in [0.717, 1.165) is 0 Å². The molecule has 5 nitrogen and oxygen atoms in total. The molecule has 1 unspecified atom stereocenters. The molecule has 0 aromatic heterocycles. The number of para-hydroxylation sites is 1. The molecule has 5 heteroatoms. The minimum absolute atomic E-state index is 0.169. The largest absolute Gasteiger partial charge is 0.496 e. The van der Waals surface area contributed by atoms with Crippen LogP contribution < -0.4 is 4.74 Å². The number of nitrogens with zero attached hydrogens (tertiary/aromatic N) is 1. The van der Waals surface area contributed by atoms with Crippen molar-refractivity contribution >= 4 is 11.8 Å². The van der Waals surface area contributed by atoms with E-state index in [1.165, 1.54) is 7.11 Å². The third-order valence-corrected chi connectivity index (χ3v) is 3.49. The monoisotopic (exact) mass is 323 g/mol. The van der Waals surface area contributed by atoms with E-state index in [1.54, 1.807) is 49.4 Å². The third-order valence-electron chi connectivity index (χ3n) is 3.49. The average molecular weight is 323 g/mol. The van der Waals surface area contributed by atoms with Gasteiger partial charge in [-0.2, -0.15) is 5.26 Å². The number of esters is 1. The van der Waals surface area contributed by atoms with Crippen molar-refractivity contribution in [3.05, 3.63) is 65.2 Å². The number of nitriles is 1. The average Bonchev–Trinajstić information content (AvgIpc) is 2.62. The van der Waals surface area contributed by atoms with Crippen LogP contribution in [0.25, 0.3) is 0 Å². The summed E-state index contributed by atoms with van der Waals surface area (Å²) in [7, 11) is 1.40. The highest BCUT2D eigenvalue weighted by Gasteiger charge is 2.28. The van der Waals surface area contributed by atoms with Gasteiger partial charge in [-0.05, 0) is 13.0 Å². The Morgan fingerprint density at radius 3 is 2.42 bits per heavy atom. The first-order chi connectivity index (χ1) is 11.6. The van der Waals surface area contributed by atoms with Crippen LogP contribution in [0.2, 0.25) is 0 Å². The van der Waals surface area contributed by atoms with Crippen molar-refractivity contribution in [1.82, 2.24) is 0 Å². The van der Waals surface area contributed by atoms with E-state index < -0.39 is 11.9 Å². The summed E-state index contributed by atoms with van der Waals surface area (Å²) in [5.41, 5.74) is 1.11. The van der Waals surface area contributed by atoms with E-state index in [9.17, 15) is 14.9 Å². The van der Waals surface area contributed by atoms with Crippen molar-refractivity contribution in [1.29, 1.82) is 5.26 Å². The van der Waals surface area contributed by atoms with Crippen LogP contribution in [0.5, 0.6) is 5.75 Å². The first-order valence-corrected chi connectivity index (χ1v) is 7.46. The van der Waals surface area contributed by atoms with Crippen LogP contribution >= 0.6 is 0 Å². The molecule has 0 heterocycles. The van der Waals surface area contributed by atoms with Gasteiger partial charge in [0, 0.05) is 11.1 Å². The molecular weight excluding hydrogens is 306 g/mol. The Bertz CT molecular complexity index is 778. The maximum atomic E-state index is 12.7. The fourth-order valence-corrected chi connectivity index (χ4v) is 2.41. The summed E-state index contributed by atoms with van der Waals surface area (Å²) < 4.78 is 10.3. The molecule has 0 amide bonds. The van der Waals surface area contributed by atoms with Crippen molar-refractivity contribution in [2.75, 3.05) is 13.7 Å². The predicted molar refractivity (Wildman–Crippen MR) is 87.9 cm³/mol. The van der Waals surface area contributed by atoms with Gasteiger partial charge in [0.05, 0.1) is 25.3 Å². The summed E-state index contributed by atoms with van der Waals surface area (Å²) in [6.45, 7) is 1.83. The van der Waals surface area contributed by atoms with Crippen molar-refractivity contribution < 1.29 is 19.1 Å². The molecule has 2 rings (SSSR count). The maximum absolute atomic E-state index is 12.7. The zero-order valence-electron chi connectivity index (χ0n) is 13.5. The van der Waals surface area contributed by atoms with Gasteiger partial charge < -0.3 is 9.47 Å². The van der Waals surface area contributed by atoms with Gasteiger partial charge in [0.15, 0.2) is 11.7 Å². The second kappa shape index (κ2) is 7.93. The number of methoxy groups -OCH3 is 1. The Labute approximate surface area is 140 Å². The zero-order chi connectivity index (χ0) is 17.5. The Kier molecular flexibility index (Phi) is 5.69. The quantitative estimate of drug-likeness (QED) is 0.603. The fourth-order valence-electron chi connectivity index (χ4n) is 2.41. The smallest absolute Gasteiger partial charge is 0.328 e. The van der Waals surface area contributed by atoms with Gasteiger partial charge in [0.1, 0.15) is 5.75 Å². The molecule has 0 radical (unpaired) electrons. The molecule has 2 aromatic rings. The summed E-state index contributed by atoms with van der Waals surface area (Å²) in [4.78, 5) is 24.7. The summed E-state index contributed by atoms with van der Waals surface area (Å²) in [5.74, 6) is -1.84. The third kappa shape index (κ3) is 3.44. The number of carbonyl (C=O) groups is 2. The lowest BCUT2D eigenvalue weighted by Crippen LogP contribution is -2.16. The summed E-state index contributed by atoms with van der Waals surface area (Å²) in [6.07, 6.45) is 0. The van der Waals surface area contributed by atoms with Crippen LogP contribution in [-0.2, 0) is 9.53 Å². The first kappa shape index (κ1) is 17.2. The molecule has 122 valence electrons. The first-order valence-electron chi connectivity index (χ1n) is 7.46. The van der Waals surface area contributed by atoms with Gasteiger partial charge in [0.2, 0.25) is 0 Å². The Morgan fingerprint density at radius 1 is 1.12 bits per heavy atom. The van der Waals surface area contributed by atoms with E-state index in [1.807, 2.05) is 12.1 Å². The SMILES string of the molecule is CCOC(=O)C(C#N)c1cccc(C(=O)c2ccccc2)c1OC. The maximum Gasteiger partial charge on any atom is 0.328 e. The summed E-state index contributed by atoms with van der Waals surface area (Å²) in [5, 5.41) is 9.35. The Balaban J connectivity index is 2.51. The second-order valence-electron chi connectivity index (χ2n) is 4.94. The lowest BCUT2D eigenvalue weighted by atomic mass is 9.93. The Morgan fingerprint density at radius 2 is 1.83 bits per heavy atom. The van der Waals surface area contributed by atoms with Crippen LogP contribution in [0.3, 0.4) is 0 Å². The highest BCUT2D eigenvalue weighted by molar-refractivity contribution is 6.11. The highest BCUT2D eigenvalue weighted by Crippen LogP contribution is 2.32. The predicted octanol–water partition coefficient (Wildman–Crippen LogP) is 3.10. The number of hydrogen-bond donors (Lipinski definition) is 0. The topological polar surface area (TPSA) is 76.4 Å². The summed E-state index contributed by atoms with van der Waals surface area (Å²) >= 11 is 0. The van der Waals surface area contributed by atoms with Crippen molar-refractivity contribution in [3.63, 3.8) is 0 Å². The minimum Gasteiger partial charge on any atom is -0.496 e. The van der Waals surface area contributed by atoms with Gasteiger partial charge in [-0.25, -0.2) is 0 Å². The van der Waals surface area contributed by atoms with Crippen molar-refractivity contribution in [2.24, 2.45) is 0 Å². The van der Waals surface area contributed by atoms with E-state index in [2.05, 4.69) is 0 Å². The molecule has 0 aliphatic rings. The molecule has 0 saturated carbocycles. The molecule has 2 aromatic carbocycles. The second-order valence-corrected chi connectivity index (χ2v) is 4.94. The van der Waals surface area contributed by atoms with E-state index >= 15 is 0 Å². The molecule has 0 bridgehead atoms. The number of benzene rings is 2. The number of ketones is 1. The van der Waals surface area contributed by atoms with Gasteiger partial charge in [-0.1, -0.05) is 42.5 Å². The van der Waals surface area contributed by atoms with Gasteiger partial charge in [-0.15, -0.1) is 0 Å². The van der Waals surface area contributed by atoms with Crippen LogP contribution in [0.4, 0.5) is 0 Å². The Hall–Kier alpha value is -3.13. The van der Waals surface area contributed by atoms with Crippen molar-refractivity contribution in [2.45, 2.75) is 12.8 Å². The van der Waals surface area contributed by atoms with E-state index in [4.69, 9.17) is 9.47 Å². The molecule has 0 N–H and O–H groups in total. The molecular formula is C19H17NO4. The molecule has 0 fully saturated rings. The highest BCUT2D eigenvalue weighted by atomic mass is 16.5. The molecule has 0 saturated heterocycles. The molecule has 0 spiro atoms. The lowest BCUT2D eigenvalue weighted by Gasteiger charge is -2.15. The van der Waals surface area contributed by atoms with Gasteiger partial charge in [-0.3, -0.25) is 9.59 Å². The minimum atomic E-state index is -1.15. The van der Waals surface area contributed by atoms with Crippen LogP contribution in [0.15, 0.2) is 48.5 Å². The van der Waals surface area contributed by atoms with Crippen LogP contribution in [0.1, 0.15) is 34.3 Å². The molecule has 1 atom stereocenters. The molecule has 24 heavy (non-hydrogen) atoms. The lowest BCUT2D eigenvalue weighted by molar-refractivity contribution is -0.143. The number of carbonyl (C=O) groups excluding carboxylic acids is 2. The number of rotatable bonds is 6. The van der Waals surface area contributed by atoms with Crippen molar-refractivity contribution in [3.8, 4) is 11.8 Å². The molecule has 0 aliphatic heterocycles. The fraction of sp³-hybridized carbons (Fsp3) is 0.211. The standard InChI is InChI=1S/C19H17NO4/c1-3-24-19(22)16(12-20)14-10-7-11-15(18(14)23-2)17(21)13-8-5-4-6-9-13/h4-11,16H,3H2,1-2H3. The van der Waals surface area contributed by atoms with E-state index in [0.29, 0.717) is 16.7 Å². The van der Waals surface area contributed by atoms with E-state index in [-0.39, 0.29) is 18.1 Å². The number of hydrogen-bond acceptors (Lipinski definition) is 5. The zero-order valence-corrected chi connectivity index (χ0v) is 13.5. The molecule has 0 aliphatic carbocycles. The normalized spacial score (nSPS) is 11.2.